The molecule has 0 aliphatic rings. The summed E-state index contributed by atoms with van der Waals surface area (Å²) in [5, 5.41) is 0.795. The molecule has 0 amide bonds. The Morgan fingerprint density at radius 2 is 1.89 bits per heavy atom. The van der Waals surface area contributed by atoms with Gasteiger partial charge in [0.25, 0.3) is 0 Å². The number of benzene rings is 1. The summed E-state index contributed by atoms with van der Waals surface area (Å²) in [7, 11) is 0. The van der Waals surface area contributed by atoms with E-state index in [2.05, 4.69) is 20.9 Å². The van der Waals surface area contributed by atoms with Gasteiger partial charge >= 0.3 is 0 Å². The van der Waals surface area contributed by atoms with Gasteiger partial charge < -0.3 is 4.74 Å². The normalized spacial score (nSPS) is 10.4. The molecule has 0 fully saturated rings. The number of hydrogen-bond acceptors (Lipinski definition) is 2. The molecule has 1 aromatic carbocycles. The standard InChI is InChI=1S/C14H13BrClNO/c1-9-5-13(6-10(2)14(9)16)18-8-12-4-3-11(15)7-17-12/h3-7H,8H2,1-2H3. The summed E-state index contributed by atoms with van der Waals surface area (Å²) in [4.78, 5) is 4.26. The zero-order valence-electron chi connectivity index (χ0n) is 10.2. The van der Waals surface area contributed by atoms with Crippen LogP contribution in [0.5, 0.6) is 5.75 Å². The van der Waals surface area contributed by atoms with Crippen molar-refractivity contribution in [3.05, 3.63) is 56.8 Å². The van der Waals surface area contributed by atoms with E-state index in [1.165, 1.54) is 0 Å². The Kier molecular flexibility index (Phi) is 4.25. The minimum atomic E-state index is 0.452. The first kappa shape index (κ1) is 13.4. The van der Waals surface area contributed by atoms with Crippen molar-refractivity contribution in [1.29, 1.82) is 0 Å². The molecule has 18 heavy (non-hydrogen) atoms. The number of nitrogens with zero attached hydrogens (tertiary/aromatic N) is 1. The molecule has 0 saturated heterocycles. The van der Waals surface area contributed by atoms with Gasteiger partial charge in [-0.3, -0.25) is 4.98 Å². The summed E-state index contributed by atoms with van der Waals surface area (Å²) in [6, 6.07) is 7.76. The highest BCUT2D eigenvalue weighted by molar-refractivity contribution is 9.10. The van der Waals surface area contributed by atoms with E-state index < -0.39 is 0 Å². The van der Waals surface area contributed by atoms with Crippen molar-refractivity contribution in [3.63, 3.8) is 0 Å². The van der Waals surface area contributed by atoms with E-state index in [0.717, 1.165) is 32.1 Å². The van der Waals surface area contributed by atoms with Gasteiger partial charge in [0.1, 0.15) is 12.4 Å². The van der Waals surface area contributed by atoms with Crippen molar-refractivity contribution in [2.24, 2.45) is 0 Å². The lowest BCUT2D eigenvalue weighted by atomic mass is 10.1. The first-order chi connectivity index (χ1) is 8.56. The maximum atomic E-state index is 6.11. The molecule has 4 heteroatoms. The summed E-state index contributed by atoms with van der Waals surface area (Å²) >= 11 is 9.46. The maximum absolute atomic E-state index is 6.11. The number of hydrogen-bond donors (Lipinski definition) is 0. The third-order valence-electron chi connectivity index (χ3n) is 2.59. The number of rotatable bonds is 3. The molecule has 0 saturated carbocycles. The number of aromatic nitrogens is 1. The molecule has 0 unspecified atom stereocenters. The van der Waals surface area contributed by atoms with Crippen LogP contribution in [-0.4, -0.2) is 4.98 Å². The molecule has 0 spiro atoms. The average Bonchev–Trinajstić information content (AvgIpc) is 2.35. The Hall–Kier alpha value is -1.06. The lowest BCUT2D eigenvalue weighted by molar-refractivity contribution is 0.301. The fraction of sp³-hybridized carbons (Fsp3) is 0.214. The Morgan fingerprint density at radius 1 is 1.22 bits per heavy atom. The summed E-state index contributed by atoms with van der Waals surface area (Å²) in [5.41, 5.74) is 2.94. The van der Waals surface area contributed by atoms with Crippen molar-refractivity contribution in [2.75, 3.05) is 0 Å². The van der Waals surface area contributed by atoms with Crippen molar-refractivity contribution in [3.8, 4) is 5.75 Å². The van der Waals surface area contributed by atoms with Gasteiger partial charge in [0.15, 0.2) is 0 Å². The van der Waals surface area contributed by atoms with Crippen LogP contribution in [0.1, 0.15) is 16.8 Å². The van der Waals surface area contributed by atoms with Crippen LogP contribution in [0.15, 0.2) is 34.9 Å². The Labute approximate surface area is 120 Å². The van der Waals surface area contributed by atoms with Crippen molar-refractivity contribution < 1.29 is 4.74 Å². The number of aryl methyl sites for hydroxylation is 2. The molecule has 1 aromatic heterocycles. The monoisotopic (exact) mass is 325 g/mol. The second-order valence-electron chi connectivity index (χ2n) is 4.13. The fourth-order valence-electron chi connectivity index (χ4n) is 1.64. The Bertz CT molecular complexity index is 531. The Morgan fingerprint density at radius 3 is 2.44 bits per heavy atom. The molecular weight excluding hydrogens is 314 g/mol. The van der Waals surface area contributed by atoms with E-state index in [1.54, 1.807) is 6.20 Å². The molecule has 0 atom stereocenters. The van der Waals surface area contributed by atoms with E-state index in [4.69, 9.17) is 16.3 Å². The first-order valence-corrected chi connectivity index (χ1v) is 6.73. The van der Waals surface area contributed by atoms with Crippen LogP contribution >= 0.6 is 27.5 Å². The minimum absolute atomic E-state index is 0.452. The topological polar surface area (TPSA) is 22.1 Å². The molecular formula is C14H13BrClNO. The highest BCUT2D eigenvalue weighted by atomic mass is 79.9. The molecule has 0 aliphatic heterocycles. The fourth-order valence-corrected chi connectivity index (χ4v) is 1.98. The van der Waals surface area contributed by atoms with E-state index in [9.17, 15) is 0 Å². The third kappa shape index (κ3) is 3.24. The van der Waals surface area contributed by atoms with Gasteiger partial charge in [-0.25, -0.2) is 0 Å². The summed E-state index contributed by atoms with van der Waals surface area (Å²) < 4.78 is 6.67. The van der Waals surface area contributed by atoms with Crippen LogP contribution in [0.3, 0.4) is 0 Å². The zero-order valence-corrected chi connectivity index (χ0v) is 12.5. The van der Waals surface area contributed by atoms with E-state index in [-0.39, 0.29) is 0 Å². The van der Waals surface area contributed by atoms with Crippen LogP contribution < -0.4 is 4.74 Å². The molecule has 0 aliphatic carbocycles. The quantitative estimate of drug-likeness (QED) is 0.816. The number of halogens is 2. The molecule has 1 heterocycles. The highest BCUT2D eigenvalue weighted by Crippen LogP contribution is 2.26. The van der Waals surface area contributed by atoms with Crippen LogP contribution in [0.25, 0.3) is 0 Å². The second kappa shape index (κ2) is 5.72. The average molecular weight is 327 g/mol. The van der Waals surface area contributed by atoms with Gasteiger partial charge in [-0.15, -0.1) is 0 Å². The summed E-state index contributed by atoms with van der Waals surface area (Å²) in [6.07, 6.45) is 1.76. The predicted octanol–water partition coefficient (Wildman–Crippen LogP) is 4.69. The minimum Gasteiger partial charge on any atom is -0.487 e. The van der Waals surface area contributed by atoms with Gasteiger partial charge in [0.2, 0.25) is 0 Å². The molecule has 0 N–H and O–H groups in total. The van der Waals surface area contributed by atoms with Crippen molar-refractivity contribution >= 4 is 27.5 Å². The third-order valence-corrected chi connectivity index (χ3v) is 3.65. The lowest BCUT2D eigenvalue weighted by Gasteiger charge is -2.09. The van der Waals surface area contributed by atoms with Crippen LogP contribution in [-0.2, 0) is 6.61 Å². The maximum Gasteiger partial charge on any atom is 0.130 e. The van der Waals surface area contributed by atoms with Gasteiger partial charge in [-0.1, -0.05) is 11.6 Å². The first-order valence-electron chi connectivity index (χ1n) is 5.56. The second-order valence-corrected chi connectivity index (χ2v) is 5.42. The van der Waals surface area contributed by atoms with Gasteiger partial charge in [-0.2, -0.15) is 0 Å². The van der Waals surface area contributed by atoms with E-state index >= 15 is 0 Å². The summed E-state index contributed by atoms with van der Waals surface area (Å²) in [5.74, 6) is 0.819. The molecule has 2 aromatic rings. The van der Waals surface area contributed by atoms with Gasteiger partial charge in [-0.05, 0) is 65.2 Å². The van der Waals surface area contributed by atoms with Crippen LogP contribution in [0.2, 0.25) is 5.02 Å². The molecule has 2 rings (SSSR count). The van der Waals surface area contributed by atoms with Crippen molar-refractivity contribution in [2.45, 2.75) is 20.5 Å². The van der Waals surface area contributed by atoms with Gasteiger partial charge in [0.05, 0.1) is 5.69 Å². The number of ether oxygens (including phenoxy) is 1. The van der Waals surface area contributed by atoms with E-state index in [1.807, 2.05) is 38.1 Å². The molecule has 0 radical (unpaired) electrons. The van der Waals surface area contributed by atoms with Crippen LogP contribution in [0, 0.1) is 13.8 Å². The Balaban J connectivity index is 2.08. The highest BCUT2D eigenvalue weighted by Gasteiger charge is 2.04. The SMILES string of the molecule is Cc1cc(OCc2ccc(Br)cn2)cc(C)c1Cl. The predicted molar refractivity (Wildman–Crippen MR) is 77.2 cm³/mol. The smallest absolute Gasteiger partial charge is 0.130 e. The molecule has 0 bridgehead atoms. The van der Waals surface area contributed by atoms with Gasteiger partial charge in [0, 0.05) is 15.7 Å². The largest absolute Gasteiger partial charge is 0.487 e. The van der Waals surface area contributed by atoms with Crippen LogP contribution in [0.4, 0.5) is 0 Å². The molecule has 94 valence electrons. The lowest BCUT2D eigenvalue weighted by Crippen LogP contribution is -1.98. The van der Waals surface area contributed by atoms with E-state index in [0.29, 0.717) is 6.61 Å². The molecule has 2 nitrogen and oxygen atoms in total. The summed E-state index contributed by atoms with van der Waals surface area (Å²) in [6.45, 7) is 4.40. The number of pyridine rings is 1. The zero-order chi connectivity index (χ0) is 13.1. The van der Waals surface area contributed by atoms with Crippen molar-refractivity contribution in [1.82, 2.24) is 4.98 Å².